The van der Waals surface area contributed by atoms with Gasteiger partial charge in [-0.15, -0.1) is 0 Å². The first-order valence-electron chi connectivity index (χ1n) is 7.44. The molecule has 0 spiro atoms. The zero-order valence-electron chi connectivity index (χ0n) is 12.3. The summed E-state index contributed by atoms with van der Waals surface area (Å²) in [4.78, 5) is 8.05. The Morgan fingerprint density at radius 1 is 1.14 bits per heavy atom. The van der Waals surface area contributed by atoms with E-state index in [0.29, 0.717) is 5.92 Å². The van der Waals surface area contributed by atoms with Crippen LogP contribution in [0.25, 0.3) is 22.8 Å². The monoisotopic (exact) mass is 278 g/mol. The Labute approximate surface area is 124 Å². The lowest BCUT2D eigenvalue weighted by Crippen LogP contribution is -1.80. The molecule has 21 heavy (non-hydrogen) atoms. The summed E-state index contributed by atoms with van der Waals surface area (Å²) in [7, 11) is 0. The number of rotatable bonds is 3. The first-order valence-corrected chi connectivity index (χ1v) is 7.44. The summed E-state index contributed by atoms with van der Waals surface area (Å²) in [6, 6.07) is 14.3. The quantitative estimate of drug-likeness (QED) is 0.750. The van der Waals surface area contributed by atoms with Gasteiger partial charge in [0.05, 0.1) is 5.69 Å². The molecule has 0 aliphatic heterocycles. The summed E-state index contributed by atoms with van der Waals surface area (Å²) in [5, 5.41) is 0. The molecule has 3 heteroatoms. The number of aromatic amines is 1. The van der Waals surface area contributed by atoms with Crippen molar-refractivity contribution in [1.82, 2.24) is 9.97 Å². The minimum Gasteiger partial charge on any atom is -0.458 e. The second kappa shape index (κ2) is 4.62. The highest BCUT2D eigenvalue weighted by atomic mass is 16.3. The van der Waals surface area contributed by atoms with Crippen molar-refractivity contribution in [2.24, 2.45) is 5.92 Å². The van der Waals surface area contributed by atoms with Gasteiger partial charge in [0.1, 0.15) is 5.76 Å². The Morgan fingerprint density at radius 3 is 2.62 bits per heavy atom. The topological polar surface area (TPSA) is 41.8 Å². The number of benzene rings is 1. The van der Waals surface area contributed by atoms with Gasteiger partial charge in [0.25, 0.3) is 0 Å². The normalized spacial score (nSPS) is 20.7. The Hall–Kier alpha value is -2.29. The van der Waals surface area contributed by atoms with Crippen LogP contribution in [0.2, 0.25) is 0 Å². The average molecular weight is 278 g/mol. The maximum Gasteiger partial charge on any atom is 0.174 e. The molecule has 2 unspecified atom stereocenters. The van der Waals surface area contributed by atoms with Crippen molar-refractivity contribution in [2.75, 3.05) is 0 Å². The van der Waals surface area contributed by atoms with Gasteiger partial charge in [0, 0.05) is 17.2 Å². The van der Waals surface area contributed by atoms with Crippen molar-refractivity contribution in [3.63, 3.8) is 0 Å². The van der Waals surface area contributed by atoms with Crippen molar-refractivity contribution >= 4 is 0 Å². The van der Waals surface area contributed by atoms with Gasteiger partial charge < -0.3 is 9.40 Å². The molecule has 3 nitrogen and oxygen atoms in total. The van der Waals surface area contributed by atoms with Crippen molar-refractivity contribution in [3.8, 4) is 22.8 Å². The van der Waals surface area contributed by atoms with E-state index in [9.17, 15) is 0 Å². The van der Waals surface area contributed by atoms with E-state index in [0.717, 1.165) is 40.2 Å². The fourth-order valence-electron chi connectivity index (χ4n) is 2.85. The molecule has 1 saturated carbocycles. The van der Waals surface area contributed by atoms with Crippen molar-refractivity contribution in [2.45, 2.75) is 26.2 Å². The number of aromatic nitrogens is 2. The van der Waals surface area contributed by atoms with Gasteiger partial charge in [-0.3, -0.25) is 0 Å². The second-order valence-electron chi connectivity index (χ2n) is 5.95. The van der Waals surface area contributed by atoms with Crippen molar-refractivity contribution < 1.29 is 4.42 Å². The van der Waals surface area contributed by atoms with Crippen LogP contribution in [0.1, 0.15) is 30.7 Å². The first-order chi connectivity index (χ1) is 10.2. The number of nitrogens with zero attached hydrogens (tertiary/aromatic N) is 1. The minimum absolute atomic E-state index is 0.600. The first kappa shape index (κ1) is 12.5. The molecule has 0 amide bonds. The highest BCUT2D eigenvalue weighted by Gasteiger charge is 2.36. The molecule has 0 saturated heterocycles. The third kappa shape index (κ3) is 2.19. The summed E-state index contributed by atoms with van der Waals surface area (Å²) in [6.07, 6.45) is 1.24. The highest BCUT2D eigenvalue weighted by Crippen LogP contribution is 2.48. The van der Waals surface area contributed by atoms with Crippen LogP contribution in [0.4, 0.5) is 0 Å². The van der Waals surface area contributed by atoms with Crippen LogP contribution < -0.4 is 0 Å². The number of aryl methyl sites for hydroxylation is 1. The van der Waals surface area contributed by atoms with Crippen LogP contribution >= 0.6 is 0 Å². The van der Waals surface area contributed by atoms with Crippen molar-refractivity contribution in [1.29, 1.82) is 0 Å². The summed E-state index contributed by atoms with van der Waals surface area (Å²) in [5.41, 5.74) is 3.18. The fraction of sp³-hybridized carbons (Fsp3) is 0.278. The van der Waals surface area contributed by atoms with Crippen LogP contribution in [-0.2, 0) is 0 Å². The van der Waals surface area contributed by atoms with E-state index in [1.165, 1.54) is 6.42 Å². The molecule has 1 aromatic carbocycles. The van der Waals surface area contributed by atoms with Gasteiger partial charge in [-0.2, -0.15) is 0 Å². The molecule has 106 valence electrons. The lowest BCUT2D eigenvalue weighted by atomic mass is 10.1. The Kier molecular flexibility index (Phi) is 2.74. The molecule has 0 radical (unpaired) electrons. The molecule has 1 fully saturated rings. The van der Waals surface area contributed by atoms with Gasteiger partial charge in [-0.1, -0.05) is 37.3 Å². The van der Waals surface area contributed by atoms with Crippen LogP contribution in [0.3, 0.4) is 0 Å². The zero-order valence-corrected chi connectivity index (χ0v) is 12.3. The van der Waals surface area contributed by atoms with E-state index < -0.39 is 0 Å². The van der Waals surface area contributed by atoms with E-state index in [-0.39, 0.29) is 0 Å². The molecular weight excluding hydrogens is 260 g/mol. The number of imidazole rings is 1. The van der Waals surface area contributed by atoms with Gasteiger partial charge in [-0.05, 0) is 31.4 Å². The SMILES string of the molecule is Cc1[nH]c(-c2ccc(C3CC3C)o2)nc1-c1ccccc1. The van der Waals surface area contributed by atoms with Gasteiger partial charge in [0.15, 0.2) is 11.6 Å². The van der Waals surface area contributed by atoms with Gasteiger partial charge >= 0.3 is 0 Å². The largest absolute Gasteiger partial charge is 0.458 e. The number of nitrogens with one attached hydrogen (secondary N) is 1. The number of hydrogen-bond acceptors (Lipinski definition) is 2. The van der Waals surface area contributed by atoms with E-state index in [2.05, 4.69) is 30.1 Å². The molecule has 3 aromatic rings. The third-order valence-corrected chi connectivity index (χ3v) is 4.27. The smallest absolute Gasteiger partial charge is 0.174 e. The summed E-state index contributed by atoms with van der Waals surface area (Å²) < 4.78 is 5.97. The second-order valence-corrected chi connectivity index (χ2v) is 5.95. The molecule has 2 aromatic heterocycles. The highest BCUT2D eigenvalue weighted by molar-refractivity contribution is 5.65. The van der Waals surface area contributed by atoms with Crippen LogP contribution in [0.5, 0.6) is 0 Å². The summed E-state index contributed by atoms with van der Waals surface area (Å²) in [6.45, 7) is 4.31. The zero-order chi connectivity index (χ0) is 14.4. The molecule has 2 heterocycles. The van der Waals surface area contributed by atoms with Crippen molar-refractivity contribution in [3.05, 3.63) is 53.9 Å². The van der Waals surface area contributed by atoms with Crippen LogP contribution in [-0.4, -0.2) is 9.97 Å². The minimum atomic E-state index is 0.600. The average Bonchev–Trinajstić information content (AvgIpc) is 2.93. The fourth-order valence-corrected chi connectivity index (χ4v) is 2.85. The van der Waals surface area contributed by atoms with Gasteiger partial charge in [0.2, 0.25) is 0 Å². The Balaban J connectivity index is 1.69. The molecule has 1 aliphatic rings. The molecular formula is C18H18N2O. The number of H-pyrrole nitrogens is 1. The standard InChI is InChI=1S/C18H18N2O/c1-11-10-14(11)15-8-9-16(21-15)18-19-12(2)17(20-18)13-6-4-3-5-7-13/h3-9,11,14H,10H2,1-2H3,(H,19,20). The van der Waals surface area contributed by atoms with E-state index in [1.54, 1.807) is 0 Å². The summed E-state index contributed by atoms with van der Waals surface area (Å²) in [5.74, 6) is 4.08. The lowest BCUT2D eigenvalue weighted by Gasteiger charge is -1.96. The molecule has 1 N–H and O–H groups in total. The molecule has 4 rings (SSSR count). The number of furan rings is 1. The van der Waals surface area contributed by atoms with E-state index in [1.807, 2.05) is 31.2 Å². The summed E-state index contributed by atoms with van der Waals surface area (Å²) >= 11 is 0. The Bertz CT molecular complexity index is 770. The maximum absolute atomic E-state index is 5.97. The third-order valence-electron chi connectivity index (χ3n) is 4.27. The van der Waals surface area contributed by atoms with Crippen LogP contribution in [0, 0.1) is 12.8 Å². The maximum atomic E-state index is 5.97. The lowest BCUT2D eigenvalue weighted by molar-refractivity contribution is 0.515. The molecule has 2 atom stereocenters. The molecule has 0 bridgehead atoms. The van der Waals surface area contributed by atoms with E-state index in [4.69, 9.17) is 9.40 Å². The van der Waals surface area contributed by atoms with Gasteiger partial charge in [-0.25, -0.2) is 4.98 Å². The number of hydrogen-bond donors (Lipinski definition) is 1. The Morgan fingerprint density at radius 2 is 1.90 bits per heavy atom. The predicted octanol–water partition coefficient (Wildman–Crippen LogP) is 4.77. The predicted molar refractivity (Wildman–Crippen MR) is 83.0 cm³/mol. The molecule has 1 aliphatic carbocycles. The van der Waals surface area contributed by atoms with E-state index >= 15 is 0 Å². The van der Waals surface area contributed by atoms with Crippen LogP contribution in [0.15, 0.2) is 46.9 Å².